The highest BCUT2D eigenvalue weighted by Crippen LogP contribution is 2.36. The van der Waals surface area contributed by atoms with E-state index in [1.54, 1.807) is 4.90 Å². The predicted octanol–water partition coefficient (Wildman–Crippen LogP) is 1.75. The van der Waals surface area contributed by atoms with Gasteiger partial charge in [0.15, 0.2) is 0 Å². The molecule has 2 aliphatic heterocycles. The maximum atomic E-state index is 12.0. The number of rotatable bonds is 1. The molecule has 19 heavy (non-hydrogen) atoms. The van der Waals surface area contributed by atoms with Crippen LogP contribution in [0.15, 0.2) is 29.8 Å². The fraction of sp³-hybridized carbons (Fsp3) is 0.333. The number of ether oxygens (including phenoxy) is 1. The maximum absolute atomic E-state index is 12.0. The number of hydrogen-bond acceptors (Lipinski definition) is 3. The number of hydrogen-bond donors (Lipinski definition) is 0. The summed E-state index contributed by atoms with van der Waals surface area (Å²) in [6, 6.07) is 7.94. The summed E-state index contributed by atoms with van der Waals surface area (Å²) in [6.07, 6.45) is 1.68. The minimum absolute atomic E-state index is 0.0946. The molecule has 4 nitrogen and oxygen atoms in total. The second-order valence-corrected chi connectivity index (χ2v) is 4.77. The second-order valence-electron chi connectivity index (χ2n) is 4.77. The highest BCUT2D eigenvalue weighted by molar-refractivity contribution is 6.04. The lowest BCUT2D eigenvalue weighted by Crippen LogP contribution is -2.39. The molecule has 0 aliphatic carbocycles. The minimum Gasteiger partial charge on any atom is -0.466 e. The highest BCUT2D eigenvalue weighted by Gasteiger charge is 2.34. The van der Waals surface area contributed by atoms with Crippen molar-refractivity contribution in [3.05, 3.63) is 41.0 Å². The molecule has 98 valence electrons. The van der Waals surface area contributed by atoms with Crippen molar-refractivity contribution < 1.29 is 14.3 Å². The van der Waals surface area contributed by atoms with E-state index < -0.39 is 0 Å². The number of esters is 1. The van der Waals surface area contributed by atoms with Crippen LogP contribution in [0.25, 0.3) is 5.70 Å². The van der Waals surface area contributed by atoms with E-state index in [0.717, 1.165) is 17.7 Å². The van der Waals surface area contributed by atoms with Gasteiger partial charge in [-0.2, -0.15) is 0 Å². The normalized spacial score (nSPS) is 17.9. The van der Waals surface area contributed by atoms with Gasteiger partial charge >= 0.3 is 5.97 Å². The van der Waals surface area contributed by atoms with Crippen molar-refractivity contribution in [1.82, 2.24) is 4.90 Å². The molecule has 2 aliphatic rings. The highest BCUT2D eigenvalue weighted by atomic mass is 16.5. The lowest BCUT2D eigenvalue weighted by atomic mass is 9.89. The molecule has 0 N–H and O–H groups in total. The summed E-state index contributed by atoms with van der Waals surface area (Å²) >= 11 is 0. The molecule has 0 fully saturated rings. The van der Waals surface area contributed by atoms with Gasteiger partial charge in [-0.1, -0.05) is 24.3 Å². The SMILES string of the molecule is COC(=O)C1=C2c3ccccc3CCN2C(=O)CC1. The Labute approximate surface area is 111 Å². The first kappa shape index (κ1) is 12.0. The van der Waals surface area contributed by atoms with Crippen LogP contribution in [0, 0.1) is 0 Å². The molecule has 4 heteroatoms. The molecule has 0 bridgehead atoms. The number of nitrogens with zero attached hydrogens (tertiary/aromatic N) is 1. The summed E-state index contributed by atoms with van der Waals surface area (Å²) in [5.74, 6) is -0.235. The van der Waals surface area contributed by atoms with Crippen LogP contribution in [0.5, 0.6) is 0 Å². The molecule has 0 spiro atoms. The third kappa shape index (κ3) is 1.84. The standard InChI is InChI=1S/C15H15NO3/c1-19-15(18)12-6-7-13(17)16-9-8-10-4-2-3-5-11(10)14(12)16/h2-5H,6-9H2,1H3. The number of carbonyl (C=O) groups excluding carboxylic acids is 2. The van der Waals surface area contributed by atoms with Crippen LogP contribution in [0.4, 0.5) is 0 Å². The quantitative estimate of drug-likeness (QED) is 0.720. The Hall–Kier alpha value is -2.10. The smallest absolute Gasteiger partial charge is 0.335 e. The van der Waals surface area contributed by atoms with Crippen molar-refractivity contribution >= 4 is 17.6 Å². The number of fused-ring (bicyclic) bond motifs is 3. The van der Waals surface area contributed by atoms with E-state index in [0.29, 0.717) is 25.0 Å². The molecule has 0 aromatic heterocycles. The zero-order valence-corrected chi connectivity index (χ0v) is 10.8. The Balaban J connectivity index is 2.21. The van der Waals surface area contributed by atoms with Gasteiger partial charge in [0.2, 0.25) is 5.91 Å². The summed E-state index contributed by atoms with van der Waals surface area (Å²) in [4.78, 5) is 25.7. The topological polar surface area (TPSA) is 46.6 Å². The number of carbonyl (C=O) groups is 2. The van der Waals surface area contributed by atoms with E-state index >= 15 is 0 Å². The van der Waals surface area contributed by atoms with Crippen molar-refractivity contribution in [2.75, 3.05) is 13.7 Å². The van der Waals surface area contributed by atoms with Gasteiger partial charge in [-0.25, -0.2) is 4.79 Å². The van der Waals surface area contributed by atoms with E-state index in [1.165, 1.54) is 12.7 Å². The van der Waals surface area contributed by atoms with Crippen LogP contribution in [0.1, 0.15) is 24.0 Å². The molecule has 1 aromatic carbocycles. The fourth-order valence-corrected chi connectivity index (χ4v) is 2.84. The number of methoxy groups -OCH3 is 1. The van der Waals surface area contributed by atoms with Crippen LogP contribution >= 0.6 is 0 Å². The maximum Gasteiger partial charge on any atom is 0.335 e. The predicted molar refractivity (Wildman–Crippen MR) is 70.0 cm³/mol. The summed E-state index contributed by atoms with van der Waals surface area (Å²) in [6.45, 7) is 0.645. The average molecular weight is 257 g/mol. The molecule has 0 unspecified atom stereocenters. The molecule has 0 saturated carbocycles. The van der Waals surface area contributed by atoms with Gasteiger partial charge in [-0.15, -0.1) is 0 Å². The van der Waals surface area contributed by atoms with Crippen molar-refractivity contribution in [2.45, 2.75) is 19.3 Å². The van der Waals surface area contributed by atoms with Gasteiger partial charge in [0, 0.05) is 18.5 Å². The van der Waals surface area contributed by atoms with Crippen LogP contribution in [0.2, 0.25) is 0 Å². The molecule has 3 rings (SSSR count). The van der Waals surface area contributed by atoms with Crippen LogP contribution in [0.3, 0.4) is 0 Å². The second kappa shape index (κ2) is 4.53. The third-order valence-corrected chi connectivity index (χ3v) is 3.75. The Morgan fingerprint density at radius 2 is 2.00 bits per heavy atom. The van der Waals surface area contributed by atoms with E-state index in [1.807, 2.05) is 24.3 Å². The van der Waals surface area contributed by atoms with E-state index in [-0.39, 0.29) is 11.9 Å². The lowest BCUT2D eigenvalue weighted by Gasteiger charge is -2.36. The van der Waals surface area contributed by atoms with Crippen molar-refractivity contribution in [3.8, 4) is 0 Å². The zero-order valence-electron chi connectivity index (χ0n) is 10.8. The van der Waals surface area contributed by atoms with E-state index in [4.69, 9.17) is 4.74 Å². The summed E-state index contributed by atoms with van der Waals surface area (Å²) in [7, 11) is 1.38. The number of benzene rings is 1. The van der Waals surface area contributed by atoms with Gasteiger partial charge in [-0.3, -0.25) is 4.79 Å². The molecule has 1 amide bonds. The summed E-state index contributed by atoms with van der Waals surface area (Å²) < 4.78 is 4.85. The van der Waals surface area contributed by atoms with Gasteiger partial charge in [0.05, 0.1) is 18.4 Å². The van der Waals surface area contributed by atoms with Crippen molar-refractivity contribution in [2.24, 2.45) is 0 Å². The summed E-state index contributed by atoms with van der Waals surface area (Å²) in [5, 5.41) is 0. The van der Waals surface area contributed by atoms with Gasteiger partial charge in [-0.05, 0) is 18.4 Å². The Kier molecular flexibility index (Phi) is 2.85. The average Bonchev–Trinajstić information content (AvgIpc) is 2.46. The minimum atomic E-state index is -0.329. The van der Waals surface area contributed by atoms with E-state index in [2.05, 4.69) is 0 Å². The zero-order chi connectivity index (χ0) is 13.4. The Morgan fingerprint density at radius 1 is 1.21 bits per heavy atom. The molecule has 0 saturated heterocycles. The monoisotopic (exact) mass is 257 g/mol. The van der Waals surface area contributed by atoms with Crippen LogP contribution in [-0.4, -0.2) is 30.4 Å². The summed E-state index contributed by atoms with van der Waals surface area (Å²) in [5.41, 5.74) is 3.55. The van der Waals surface area contributed by atoms with Crippen molar-refractivity contribution in [3.63, 3.8) is 0 Å². The number of amides is 1. The van der Waals surface area contributed by atoms with E-state index in [9.17, 15) is 9.59 Å². The Bertz CT molecular complexity index is 589. The largest absolute Gasteiger partial charge is 0.466 e. The van der Waals surface area contributed by atoms with Crippen LogP contribution < -0.4 is 0 Å². The van der Waals surface area contributed by atoms with Gasteiger partial charge < -0.3 is 9.64 Å². The van der Waals surface area contributed by atoms with Gasteiger partial charge in [0.1, 0.15) is 0 Å². The fourth-order valence-electron chi connectivity index (χ4n) is 2.84. The Morgan fingerprint density at radius 3 is 2.79 bits per heavy atom. The molecule has 0 radical (unpaired) electrons. The first-order valence-electron chi connectivity index (χ1n) is 6.42. The lowest BCUT2D eigenvalue weighted by molar-refractivity contribution is -0.136. The third-order valence-electron chi connectivity index (χ3n) is 3.75. The van der Waals surface area contributed by atoms with Crippen molar-refractivity contribution in [1.29, 1.82) is 0 Å². The molecule has 1 aromatic rings. The van der Waals surface area contributed by atoms with Crippen LogP contribution in [-0.2, 0) is 20.7 Å². The molecular formula is C15H15NO3. The molecule has 0 atom stereocenters. The first-order chi connectivity index (χ1) is 9.22. The first-order valence-corrected chi connectivity index (χ1v) is 6.42. The molecule has 2 heterocycles. The van der Waals surface area contributed by atoms with Gasteiger partial charge in [0.25, 0.3) is 0 Å². The molecular weight excluding hydrogens is 242 g/mol.